The van der Waals surface area contributed by atoms with E-state index in [4.69, 9.17) is 0 Å². The summed E-state index contributed by atoms with van der Waals surface area (Å²) in [7, 11) is 3.14. The van der Waals surface area contributed by atoms with Gasteiger partial charge in [-0.3, -0.25) is 4.79 Å². The molecule has 0 amide bonds. The molecular formula is C7H11N3O2. The number of esters is 1. The van der Waals surface area contributed by atoms with Crippen molar-refractivity contribution in [1.82, 2.24) is 14.8 Å². The van der Waals surface area contributed by atoms with Crippen molar-refractivity contribution in [3.05, 3.63) is 12.2 Å². The number of rotatable bonds is 2. The van der Waals surface area contributed by atoms with E-state index in [-0.39, 0.29) is 11.9 Å². The summed E-state index contributed by atoms with van der Waals surface area (Å²) in [6.45, 7) is 1.73. The van der Waals surface area contributed by atoms with Gasteiger partial charge in [-0.25, -0.2) is 0 Å². The Morgan fingerprint density at radius 2 is 2.42 bits per heavy atom. The number of hydrogen-bond acceptors (Lipinski definition) is 4. The molecule has 1 atom stereocenters. The van der Waals surface area contributed by atoms with Crippen LogP contribution in [0.3, 0.4) is 0 Å². The van der Waals surface area contributed by atoms with Crippen molar-refractivity contribution in [2.75, 3.05) is 7.11 Å². The van der Waals surface area contributed by atoms with Crippen molar-refractivity contribution in [1.29, 1.82) is 0 Å². The minimum atomic E-state index is -0.359. The molecule has 0 aliphatic heterocycles. The number of nitrogens with zero attached hydrogens (tertiary/aromatic N) is 3. The van der Waals surface area contributed by atoms with Gasteiger partial charge >= 0.3 is 5.97 Å². The van der Waals surface area contributed by atoms with E-state index in [1.165, 1.54) is 7.11 Å². The third-order valence-electron chi connectivity index (χ3n) is 1.69. The molecule has 1 aromatic heterocycles. The molecular weight excluding hydrogens is 158 g/mol. The van der Waals surface area contributed by atoms with Crippen LogP contribution in [0, 0.1) is 0 Å². The Bertz CT molecular complexity index is 282. The smallest absolute Gasteiger partial charge is 0.316 e. The van der Waals surface area contributed by atoms with Crippen LogP contribution in [0.15, 0.2) is 6.33 Å². The Morgan fingerprint density at radius 1 is 1.75 bits per heavy atom. The molecule has 0 aliphatic carbocycles. The van der Waals surface area contributed by atoms with E-state index in [1.807, 2.05) is 0 Å². The Morgan fingerprint density at radius 3 is 2.83 bits per heavy atom. The standard InChI is InChI=1S/C7H11N3O2/c1-5(7(11)12-3)6-9-8-4-10(6)2/h4-5H,1-3H3. The average Bonchev–Trinajstić information content (AvgIpc) is 2.48. The van der Waals surface area contributed by atoms with E-state index in [2.05, 4.69) is 14.9 Å². The van der Waals surface area contributed by atoms with Gasteiger partial charge in [0.25, 0.3) is 0 Å². The van der Waals surface area contributed by atoms with Crippen LogP contribution in [-0.4, -0.2) is 27.8 Å². The molecule has 5 heteroatoms. The zero-order chi connectivity index (χ0) is 9.14. The Labute approximate surface area is 70.4 Å². The summed E-state index contributed by atoms with van der Waals surface area (Å²) < 4.78 is 6.27. The first kappa shape index (κ1) is 8.70. The third kappa shape index (κ3) is 1.44. The molecule has 0 N–H and O–H groups in total. The Kier molecular flexibility index (Phi) is 2.42. The number of hydrogen-bond donors (Lipinski definition) is 0. The van der Waals surface area contributed by atoms with Crippen molar-refractivity contribution < 1.29 is 9.53 Å². The van der Waals surface area contributed by atoms with Gasteiger partial charge in [0, 0.05) is 7.05 Å². The lowest BCUT2D eigenvalue weighted by Crippen LogP contribution is -2.14. The maximum Gasteiger partial charge on any atom is 0.316 e. The zero-order valence-corrected chi connectivity index (χ0v) is 7.31. The molecule has 12 heavy (non-hydrogen) atoms. The van der Waals surface area contributed by atoms with Gasteiger partial charge in [0.15, 0.2) is 0 Å². The van der Waals surface area contributed by atoms with E-state index >= 15 is 0 Å². The first-order valence-electron chi connectivity index (χ1n) is 3.58. The molecule has 66 valence electrons. The summed E-state index contributed by atoms with van der Waals surface area (Å²) in [5, 5.41) is 7.46. The van der Waals surface area contributed by atoms with Gasteiger partial charge in [0.05, 0.1) is 7.11 Å². The summed E-state index contributed by atoms with van der Waals surface area (Å²) in [5.41, 5.74) is 0. The predicted molar refractivity (Wildman–Crippen MR) is 41.4 cm³/mol. The van der Waals surface area contributed by atoms with Gasteiger partial charge in [0.1, 0.15) is 18.1 Å². The van der Waals surface area contributed by atoms with Crippen LogP contribution in [0.2, 0.25) is 0 Å². The molecule has 1 aromatic rings. The highest BCUT2D eigenvalue weighted by Gasteiger charge is 2.19. The lowest BCUT2D eigenvalue weighted by molar-refractivity contribution is -0.142. The van der Waals surface area contributed by atoms with Gasteiger partial charge in [-0.05, 0) is 6.92 Å². The van der Waals surface area contributed by atoms with Crippen LogP contribution < -0.4 is 0 Å². The van der Waals surface area contributed by atoms with Gasteiger partial charge in [0.2, 0.25) is 0 Å². The molecule has 0 spiro atoms. The first-order chi connectivity index (χ1) is 5.66. The summed E-state index contributed by atoms with van der Waals surface area (Å²) in [4.78, 5) is 11.1. The van der Waals surface area contributed by atoms with Crippen LogP contribution in [0.1, 0.15) is 18.7 Å². The molecule has 1 rings (SSSR count). The van der Waals surface area contributed by atoms with E-state index in [0.717, 1.165) is 0 Å². The quantitative estimate of drug-likeness (QED) is 0.589. The van der Waals surface area contributed by atoms with Crippen molar-refractivity contribution in [3.8, 4) is 0 Å². The summed E-state index contributed by atoms with van der Waals surface area (Å²) in [6, 6.07) is 0. The lowest BCUT2D eigenvalue weighted by atomic mass is 10.2. The van der Waals surface area contributed by atoms with Crippen LogP contribution in [0.4, 0.5) is 0 Å². The molecule has 0 saturated carbocycles. The van der Waals surface area contributed by atoms with Crippen molar-refractivity contribution >= 4 is 5.97 Å². The molecule has 1 unspecified atom stereocenters. The van der Waals surface area contributed by atoms with E-state index in [9.17, 15) is 4.79 Å². The highest BCUT2D eigenvalue weighted by Crippen LogP contribution is 2.11. The maximum absolute atomic E-state index is 11.1. The summed E-state index contributed by atoms with van der Waals surface area (Å²) in [6.07, 6.45) is 1.55. The number of aromatic nitrogens is 3. The molecule has 0 fully saturated rings. The fourth-order valence-corrected chi connectivity index (χ4v) is 0.966. The lowest BCUT2D eigenvalue weighted by Gasteiger charge is -2.06. The van der Waals surface area contributed by atoms with Gasteiger partial charge in [-0.2, -0.15) is 0 Å². The molecule has 5 nitrogen and oxygen atoms in total. The number of carbonyl (C=O) groups excluding carboxylic acids is 1. The topological polar surface area (TPSA) is 57.0 Å². The van der Waals surface area contributed by atoms with Crippen LogP contribution >= 0.6 is 0 Å². The van der Waals surface area contributed by atoms with Crippen molar-refractivity contribution in [2.45, 2.75) is 12.8 Å². The van der Waals surface area contributed by atoms with Gasteiger partial charge in [-0.1, -0.05) is 0 Å². The number of aryl methyl sites for hydroxylation is 1. The van der Waals surface area contributed by atoms with E-state index in [0.29, 0.717) is 5.82 Å². The van der Waals surface area contributed by atoms with Crippen LogP contribution in [-0.2, 0) is 16.6 Å². The largest absolute Gasteiger partial charge is 0.468 e. The van der Waals surface area contributed by atoms with Crippen LogP contribution in [0.25, 0.3) is 0 Å². The Balaban J connectivity index is 2.84. The second-order valence-corrected chi connectivity index (χ2v) is 2.54. The minimum Gasteiger partial charge on any atom is -0.468 e. The van der Waals surface area contributed by atoms with Crippen LogP contribution in [0.5, 0.6) is 0 Å². The SMILES string of the molecule is COC(=O)C(C)c1nncn1C. The second kappa shape index (κ2) is 3.34. The first-order valence-corrected chi connectivity index (χ1v) is 3.58. The highest BCUT2D eigenvalue weighted by atomic mass is 16.5. The molecule has 1 heterocycles. The molecule has 0 saturated heterocycles. The van der Waals surface area contributed by atoms with Crippen molar-refractivity contribution in [3.63, 3.8) is 0 Å². The molecule has 0 aromatic carbocycles. The summed E-state index contributed by atoms with van der Waals surface area (Å²) >= 11 is 0. The third-order valence-corrected chi connectivity index (χ3v) is 1.69. The van der Waals surface area contributed by atoms with Crippen molar-refractivity contribution in [2.24, 2.45) is 7.05 Å². The highest BCUT2D eigenvalue weighted by molar-refractivity contribution is 5.76. The monoisotopic (exact) mass is 169 g/mol. The fraction of sp³-hybridized carbons (Fsp3) is 0.571. The normalized spacial score (nSPS) is 12.6. The second-order valence-electron chi connectivity index (χ2n) is 2.54. The average molecular weight is 169 g/mol. The predicted octanol–water partition coefficient (Wildman–Crippen LogP) is 0.0916. The van der Waals surface area contributed by atoms with E-state index < -0.39 is 0 Å². The number of ether oxygens (including phenoxy) is 1. The summed E-state index contributed by atoms with van der Waals surface area (Å²) in [5.74, 6) is -0.0459. The Hall–Kier alpha value is -1.39. The van der Waals surface area contributed by atoms with Gasteiger partial charge < -0.3 is 9.30 Å². The molecule has 0 radical (unpaired) electrons. The van der Waals surface area contributed by atoms with Gasteiger partial charge in [-0.15, -0.1) is 10.2 Å². The fourth-order valence-electron chi connectivity index (χ4n) is 0.966. The minimum absolute atomic E-state index is 0.300. The number of carbonyl (C=O) groups is 1. The van der Waals surface area contributed by atoms with E-state index in [1.54, 1.807) is 24.9 Å². The number of methoxy groups -OCH3 is 1. The zero-order valence-electron chi connectivity index (χ0n) is 7.31. The molecule has 0 aliphatic rings. The maximum atomic E-state index is 11.1. The molecule has 0 bridgehead atoms.